The quantitative estimate of drug-likeness (QED) is 0.388. The Bertz CT molecular complexity index is 1620. The molecular formula is C28H25F2N3O4. The molecule has 2 N–H and O–H groups in total. The highest BCUT2D eigenvalue weighted by Gasteiger charge is 2.22. The number of amidine groups is 1. The minimum absolute atomic E-state index is 0.144. The van der Waals surface area contributed by atoms with Crippen LogP contribution in [0.25, 0.3) is 16.6 Å². The van der Waals surface area contributed by atoms with Crippen molar-refractivity contribution in [3.05, 3.63) is 99.3 Å². The molecule has 37 heavy (non-hydrogen) atoms. The molecule has 4 aromatic rings. The van der Waals surface area contributed by atoms with E-state index in [0.717, 1.165) is 12.1 Å². The summed E-state index contributed by atoms with van der Waals surface area (Å²) in [4.78, 5) is 22.8. The lowest BCUT2D eigenvalue weighted by Crippen LogP contribution is -2.20. The van der Waals surface area contributed by atoms with Gasteiger partial charge in [-0.05, 0) is 69.7 Å². The summed E-state index contributed by atoms with van der Waals surface area (Å²) in [5.74, 6) is -0.999. The van der Waals surface area contributed by atoms with Gasteiger partial charge in [-0.1, -0.05) is 12.1 Å². The first kappa shape index (κ1) is 24.6. The average molecular weight is 506 g/mol. The number of aliphatic hydroxyl groups is 1. The number of nitrogens with zero attached hydrogens (tertiary/aromatic N) is 2. The van der Waals surface area contributed by atoms with Gasteiger partial charge in [-0.25, -0.2) is 24.1 Å². The van der Waals surface area contributed by atoms with Gasteiger partial charge < -0.3 is 14.4 Å². The summed E-state index contributed by atoms with van der Waals surface area (Å²) in [7, 11) is 0. The van der Waals surface area contributed by atoms with E-state index in [1.807, 2.05) is 0 Å². The molecule has 0 bridgehead atoms. The third-order valence-corrected chi connectivity index (χ3v) is 6.13. The van der Waals surface area contributed by atoms with Crippen molar-refractivity contribution in [3.63, 3.8) is 0 Å². The number of aryl methyl sites for hydroxylation is 1. The molecule has 190 valence electrons. The van der Waals surface area contributed by atoms with Crippen molar-refractivity contribution in [1.82, 2.24) is 10.0 Å². The van der Waals surface area contributed by atoms with Gasteiger partial charge in [0.2, 0.25) is 0 Å². The number of hydrogen-bond acceptors (Lipinski definition) is 6. The van der Waals surface area contributed by atoms with Gasteiger partial charge in [-0.15, -0.1) is 0 Å². The van der Waals surface area contributed by atoms with Gasteiger partial charge in [0, 0.05) is 28.8 Å². The van der Waals surface area contributed by atoms with Gasteiger partial charge in [0.15, 0.2) is 34.8 Å². The first-order valence-corrected chi connectivity index (χ1v) is 11.7. The highest BCUT2D eigenvalue weighted by molar-refractivity contribution is 6.01. The van der Waals surface area contributed by atoms with Crippen LogP contribution < -0.4 is 15.6 Å². The fourth-order valence-corrected chi connectivity index (χ4v) is 4.16. The zero-order chi connectivity index (χ0) is 26.5. The minimum atomic E-state index is -1.20. The van der Waals surface area contributed by atoms with Crippen molar-refractivity contribution >= 4 is 16.7 Å². The first-order valence-electron chi connectivity index (χ1n) is 11.7. The first-order chi connectivity index (χ1) is 17.5. The Labute approximate surface area is 211 Å². The van der Waals surface area contributed by atoms with E-state index in [1.54, 1.807) is 74.9 Å². The van der Waals surface area contributed by atoms with E-state index in [0.29, 0.717) is 39.1 Å². The van der Waals surface area contributed by atoms with Crippen molar-refractivity contribution in [3.8, 4) is 17.2 Å². The molecule has 9 heteroatoms. The Morgan fingerprint density at radius 2 is 1.84 bits per heavy atom. The van der Waals surface area contributed by atoms with Crippen LogP contribution in [0, 0.1) is 18.6 Å². The van der Waals surface area contributed by atoms with E-state index in [1.165, 1.54) is 6.07 Å². The molecule has 0 aliphatic carbocycles. The monoisotopic (exact) mass is 505 g/mol. The summed E-state index contributed by atoms with van der Waals surface area (Å²) in [5, 5.41) is 11.1. The number of halogens is 2. The second-order valence-corrected chi connectivity index (χ2v) is 9.46. The van der Waals surface area contributed by atoms with Crippen LogP contribution in [0.4, 0.5) is 8.78 Å². The highest BCUT2D eigenvalue weighted by Crippen LogP contribution is 2.35. The summed E-state index contributed by atoms with van der Waals surface area (Å²) in [6.07, 6.45) is 1.30. The van der Waals surface area contributed by atoms with Crippen LogP contribution in [0.5, 0.6) is 11.5 Å². The maximum absolute atomic E-state index is 14.5. The van der Waals surface area contributed by atoms with Gasteiger partial charge in [-0.2, -0.15) is 0 Å². The van der Waals surface area contributed by atoms with Crippen LogP contribution in [0.3, 0.4) is 0 Å². The molecule has 5 rings (SSSR count). The van der Waals surface area contributed by atoms with Crippen LogP contribution in [-0.2, 0) is 10.4 Å². The van der Waals surface area contributed by atoms with E-state index < -0.39 is 17.2 Å². The molecule has 0 saturated carbocycles. The predicted molar refractivity (Wildman–Crippen MR) is 136 cm³/mol. The fourth-order valence-electron chi connectivity index (χ4n) is 4.16. The van der Waals surface area contributed by atoms with Crippen molar-refractivity contribution in [1.29, 1.82) is 0 Å². The molecule has 7 nitrogen and oxygen atoms in total. The van der Waals surface area contributed by atoms with E-state index >= 15 is 0 Å². The Morgan fingerprint density at radius 3 is 2.51 bits per heavy atom. The number of fused-ring (bicyclic) bond motifs is 1. The highest BCUT2D eigenvalue weighted by atomic mass is 19.1. The van der Waals surface area contributed by atoms with E-state index in [9.17, 15) is 18.7 Å². The van der Waals surface area contributed by atoms with E-state index in [-0.39, 0.29) is 23.2 Å². The lowest BCUT2D eigenvalue weighted by Gasteiger charge is -2.22. The molecule has 1 atom stereocenters. The number of hydroxylamine groups is 1. The Balaban J connectivity index is 1.77. The molecule has 1 aliphatic heterocycles. The summed E-state index contributed by atoms with van der Waals surface area (Å²) in [5.41, 5.74) is 4.17. The Morgan fingerprint density at radius 1 is 1.08 bits per heavy atom. The Kier molecular flexibility index (Phi) is 6.05. The molecule has 1 unspecified atom stereocenters. The number of nitrogens with one attached hydrogen (secondary N) is 1. The molecule has 0 radical (unpaired) electrons. The van der Waals surface area contributed by atoms with Crippen LogP contribution >= 0.6 is 0 Å². The van der Waals surface area contributed by atoms with Crippen molar-refractivity contribution < 1.29 is 23.5 Å². The van der Waals surface area contributed by atoms with E-state index in [4.69, 9.17) is 9.57 Å². The molecule has 0 fully saturated rings. The lowest BCUT2D eigenvalue weighted by molar-refractivity contribution is 0.0504. The number of ether oxygens (including phenoxy) is 1. The number of aliphatic imine (C=N–C) groups is 1. The molecular weight excluding hydrogens is 480 g/mol. The summed E-state index contributed by atoms with van der Waals surface area (Å²) < 4.78 is 35.6. The van der Waals surface area contributed by atoms with Gasteiger partial charge in [0.25, 0.3) is 0 Å². The van der Waals surface area contributed by atoms with Gasteiger partial charge in [-0.3, -0.25) is 4.79 Å². The van der Waals surface area contributed by atoms with Crippen molar-refractivity contribution in [2.24, 2.45) is 4.99 Å². The van der Waals surface area contributed by atoms with Gasteiger partial charge in [0.1, 0.15) is 5.82 Å². The number of hydrogen-bond donors (Lipinski definition) is 2. The number of aromatic nitrogens is 1. The third-order valence-electron chi connectivity index (χ3n) is 6.13. The SMILES string of the molecule is Cc1cn(-c2cc(C(C)(C)O)ccc2Oc2ccc(F)cc2F)c2cc(C3=NC(C)ON3)ccc2c1=O. The van der Waals surface area contributed by atoms with Crippen LogP contribution in [0.2, 0.25) is 0 Å². The smallest absolute Gasteiger partial charge is 0.192 e. The maximum atomic E-state index is 14.5. The normalized spacial score (nSPS) is 15.5. The third kappa shape index (κ3) is 4.71. The van der Waals surface area contributed by atoms with Gasteiger partial charge >= 0.3 is 0 Å². The molecule has 2 heterocycles. The second-order valence-electron chi connectivity index (χ2n) is 9.46. The number of rotatable bonds is 5. The molecule has 0 saturated heterocycles. The summed E-state index contributed by atoms with van der Waals surface area (Å²) in [6, 6.07) is 13.3. The lowest BCUT2D eigenvalue weighted by atomic mass is 9.97. The zero-order valence-corrected chi connectivity index (χ0v) is 20.7. The number of benzene rings is 3. The predicted octanol–water partition coefficient (Wildman–Crippen LogP) is 5.22. The summed E-state index contributed by atoms with van der Waals surface area (Å²) in [6.45, 7) is 6.78. The second kappa shape index (κ2) is 9.10. The molecule has 3 aromatic carbocycles. The Hall–Kier alpha value is -4.08. The van der Waals surface area contributed by atoms with E-state index in [2.05, 4.69) is 10.5 Å². The largest absolute Gasteiger partial charge is 0.452 e. The van der Waals surface area contributed by atoms with Crippen LogP contribution in [0.1, 0.15) is 37.5 Å². The van der Waals surface area contributed by atoms with Crippen LogP contribution in [-0.4, -0.2) is 21.7 Å². The molecule has 0 spiro atoms. The minimum Gasteiger partial charge on any atom is -0.452 e. The van der Waals surface area contributed by atoms with Crippen molar-refractivity contribution in [2.45, 2.75) is 39.5 Å². The number of pyridine rings is 1. The molecule has 1 aliphatic rings. The van der Waals surface area contributed by atoms with Gasteiger partial charge in [0.05, 0.1) is 16.8 Å². The fraction of sp³-hybridized carbons (Fsp3) is 0.214. The maximum Gasteiger partial charge on any atom is 0.192 e. The summed E-state index contributed by atoms with van der Waals surface area (Å²) >= 11 is 0. The standard InChI is InChI=1S/C28H25F2N3O4/c1-15-14-33(22-11-17(5-8-20(22)26(15)34)27-31-16(2)37-32-27)23-12-18(28(3,4)35)6-9-25(23)36-24-10-7-19(29)13-21(24)30/h5-14,16,35H,1-4H3,(H,31,32). The zero-order valence-electron chi connectivity index (χ0n) is 20.7. The topological polar surface area (TPSA) is 85.1 Å². The van der Waals surface area contributed by atoms with Crippen molar-refractivity contribution in [2.75, 3.05) is 0 Å². The molecule has 0 amide bonds. The average Bonchev–Trinajstić information content (AvgIpc) is 3.28. The molecule has 1 aromatic heterocycles. The van der Waals surface area contributed by atoms with Crippen LogP contribution in [0.15, 0.2) is 70.6 Å².